The van der Waals surface area contributed by atoms with Crippen LogP contribution >= 0.6 is 0 Å². The maximum absolute atomic E-state index is 11.1. The normalized spacial score (nSPS) is 29.5. The van der Waals surface area contributed by atoms with Gasteiger partial charge in [-0.1, -0.05) is 6.92 Å². The highest BCUT2D eigenvalue weighted by Gasteiger charge is 2.40. The fraction of sp³-hybridized carbons (Fsp3) is 0.750. The third-order valence-electron chi connectivity index (χ3n) is 2.49. The maximum atomic E-state index is 11.1. The van der Waals surface area contributed by atoms with E-state index in [1.807, 2.05) is 6.92 Å². The van der Waals surface area contributed by atoms with Crippen LogP contribution in [0.15, 0.2) is 0 Å². The fourth-order valence-corrected chi connectivity index (χ4v) is 1.73. The van der Waals surface area contributed by atoms with Crippen molar-refractivity contribution in [2.45, 2.75) is 25.8 Å². The van der Waals surface area contributed by atoms with Crippen molar-refractivity contribution in [3.8, 4) is 0 Å². The number of aliphatic carboxylic acids is 1. The predicted molar refractivity (Wildman–Crippen MR) is 42.6 cm³/mol. The summed E-state index contributed by atoms with van der Waals surface area (Å²) in [5, 5.41) is 8.77. The molecule has 4 heteroatoms. The minimum Gasteiger partial charge on any atom is -0.481 e. The van der Waals surface area contributed by atoms with E-state index in [0.717, 1.165) is 0 Å². The van der Waals surface area contributed by atoms with Crippen molar-refractivity contribution in [1.82, 2.24) is 4.90 Å². The molecule has 1 amide bonds. The molecule has 0 radical (unpaired) electrons. The zero-order chi connectivity index (χ0) is 9.30. The van der Waals surface area contributed by atoms with Crippen LogP contribution in [0.3, 0.4) is 0 Å². The van der Waals surface area contributed by atoms with Crippen LogP contribution in [0.1, 0.15) is 19.8 Å². The molecule has 0 aromatic carbocycles. The largest absolute Gasteiger partial charge is 0.481 e. The number of carboxylic acid groups (broad SMARTS) is 1. The summed E-state index contributed by atoms with van der Waals surface area (Å²) >= 11 is 0. The van der Waals surface area contributed by atoms with Gasteiger partial charge >= 0.3 is 5.97 Å². The van der Waals surface area contributed by atoms with Gasteiger partial charge in [0.15, 0.2) is 0 Å². The van der Waals surface area contributed by atoms with E-state index >= 15 is 0 Å². The number of likely N-dealkylation sites (tertiary alicyclic amines) is 1. The Morgan fingerprint density at radius 2 is 2.33 bits per heavy atom. The van der Waals surface area contributed by atoms with Crippen LogP contribution < -0.4 is 0 Å². The Hall–Kier alpha value is -1.06. The highest BCUT2D eigenvalue weighted by atomic mass is 16.4. The summed E-state index contributed by atoms with van der Waals surface area (Å²) in [5.41, 5.74) is 0. The molecule has 1 heterocycles. The first-order chi connectivity index (χ1) is 5.57. The van der Waals surface area contributed by atoms with E-state index in [2.05, 4.69) is 0 Å². The van der Waals surface area contributed by atoms with E-state index in [1.54, 1.807) is 11.9 Å². The van der Waals surface area contributed by atoms with Gasteiger partial charge in [-0.15, -0.1) is 0 Å². The van der Waals surface area contributed by atoms with E-state index in [1.165, 1.54) is 0 Å². The summed E-state index contributed by atoms with van der Waals surface area (Å²) in [6.45, 7) is 1.90. The number of carbonyl (C=O) groups is 2. The molecule has 4 nitrogen and oxygen atoms in total. The number of carboxylic acids is 1. The number of nitrogens with zero attached hydrogens (tertiary/aromatic N) is 1. The smallest absolute Gasteiger partial charge is 0.309 e. The molecule has 1 aliphatic rings. The number of rotatable bonds is 2. The van der Waals surface area contributed by atoms with Crippen molar-refractivity contribution < 1.29 is 14.7 Å². The average Bonchev–Trinajstić information content (AvgIpc) is 2.29. The van der Waals surface area contributed by atoms with Crippen LogP contribution in [-0.4, -0.2) is 35.0 Å². The maximum Gasteiger partial charge on any atom is 0.309 e. The van der Waals surface area contributed by atoms with Crippen molar-refractivity contribution >= 4 is 11.9 Å². The highest BCUT2D eigenvalue weighted by molar-refractivity contribution is 5.86. The summed E-state index contributed by atoms with van der Waals surface area (Å²) < 4.78 is 0. The van der Waals surface area contributed by atoms with Gasteiger partial charge in [0, 0.05) is 19.5 Å². The van der Waals surface area contributed by atoms with Gasteiger partial charge in [0.1, 0.15) is 0 Å². The van der Waals surface area contributed by atoms with Crippen LogP contribution in [0.4, 0.5) is 0 Å². The van der Waals surface area contributed by atoms with E-state index in [0.29, 0.717) is 6.42 Å². The third kappa shape index (κ3) is 1.29. The van der Waals surface area contributed by atoms with Crippen LogP contribution in [0, 0.1) is 5.92 Å². The number of carbonyl (C=O) groups excluding carboxylic acids is 1. The van der Waals surface area contributed by atoms with Gasteiger partial charge < -0.3 is 10.0 Å². The van der Waals surface area contributed by atoms with Gasteiger partial charge in [-0.3, -0.25) is 9.59 Å². The lowest BCUT2D eigenvalue weighted by molar-refractivity contribution is -0.142. The van der Waals surface area contributed by atoms with E-state index in [4.69, 9.17) is 5.11 Å². The molecule has 1 rings (SSSR count). The van der Waals surface area contributed by atoms with Gasteiger partial charge in [-0.25, -0.2) is 0 Å². The summed E-state index contributed by atoms with van der Waals surface area (Å²) in [4.78, 5) is 23.3. The van der Waals surface area contributed by atoms with Gasteiger partial charge in [-0.2, -0.15) is 0 Å². The summed E-state index contributed by atoms with van der Waals surface area (Å²) in [6, 6.07) is -0.116. The fourth-order valence-electron chi connectivity index (χ4n) is 1.73. The first-order valence-corrected chi connectivity index (χ1v) is 4.06. The Kier molecular flexibility index (Phi) is 2.35. The molecule has 1 saturated heterocycles. The van der Waals surface area contributed by atoms with Crippen molar-refractivity contribution in [2.24, 2.45) is 5.92 Å². The molecular weight excluding hydrogens is 158 g/mol. The minimum atomic E-state index is -0.862. The molecule has 1 N–H and O–H groups in total. The summed E-state index contributed by atoms with van der Waals surface area (Å²) in [6.07, 6.45) is 0.865. The summed E-state index contributed by atoms with van der Waals surface area (Å²) in [5.74, 6) is -1.43. The van der Waals surface area contributed by atoms with Crippen LogP contribution in [-0.2, 0) is 9.59 Å². The van der Waals surface area contributed by atoms with Crippen molar-refractivity contribution in [3.63, 3.8) is 0 Å². The molecule has 0 bridgehead atoms. The molecule has 1 fully saturated rings. The molecular formula is C8H13NO3. The zero-order valence-electron chi connectivity index (χ0n) is 7.28. The zero-order valence-corrected chi connectivity index (χ0v) is 7.28. The molecule has 0 aromatic rings. The number of amides is 1. The molecule has 0 spiro atoms. The first-order valence-electron chi connectivity index (χ1n) is 4.06. The third-order valence-corrected chi connectivity index (χ3v) is 2.49. The molecule has 12 heavy (non-hydrogen) atoms. The average molecular weight is 171 g/mol. The highest BCUT2D eigenvalue weighted by Crippen LogP contribution is 2.26. The Balaban J connectivity index is 2.78. The van der Waals surface area contributed by atoms with E-state index in [9.17, 15) is 9.59 Å². The molecule has 1 aliphatic heterocycles. The standard InChI is InChI=1S/C8H13NO3/c1-3-6-5(8(11)12)4-7(10)9(6)2/h5-6H,3-4H2,1-2H3,(H,11,12)/t5-,6+/m1/s1. The Bertz CT molecular complexity index is 214. The topological polar surface area (TPSA) is 57.6 Å². The second kappa shape index (κ2) is 3.13. The lowest BCUT2D eigenvalue weighted by atomic mass is 9.99. The molecule has 0 aromatic heterocycles. The number of hydrogen-bond donors (Lipinski definition) is 1. The van der Waals surface area contributed by atoms with Gasteiger partial charge in [-0.05, 0) is 6.42 Å². The predicted octanol–water partition coefficient (Wildman–Crippen LogP) is 0.328. The molecule has 0 saturated carbocycles. The minimum absolute atomic E-state index is 0.0609. The Morgan fingerprint density at radius 1 is 1.75 bits per heavy atom. The molecule has 68 valence electrons. The molecule has 0 unspecified atom stereocenters. The Morgan fingerprint density at radius 3 is 2.67 bits per heavy atom. The van der Waals surface area contributed by atoms with Crippen molar-refractivity contribution in [1.29, 1.82) is 0 Å². The van der Waals surface area contributed by atoms with Gasteiger partial charge in [0.05, 0.1) is 5.92 Å². The second-order valence-electron chi connectivity index (χ2n) is 3.13. The van der Waals surface area contributed by atoms with Crippen LogP contribution in [0.5, 0.6) is 0 Å². The van der Waals surface area contributed by atoms with Gasteiger partial charge in [0.25, 0.3) is 0 Å². The first kappa shape index (κ1) is 9.03. The lowest BCUT2D eigenvalue weighted by Gasteiger charge is -2.20. The SMILES string of the molecule is CC[C@H]1[C@H](C(=O)O)CC(=O)N1C. The van der Waals surface area contributed by atoms with Crippen LogP contribution in [0.25, 0.3) is 0 Å². The van der Waals surface area contributed by atoms with Crippen LogP contribution in [0.2, 0.25) is 0 Å². The van der Waals surface area contributed by atoms with Crippen molar-refractivity contribution in [2.75, 3.05) is 7.05 Å². The monoisotopic (exact) mass is 171 g/mol. The quantitative estimate of drug-likeness (QED) is 0.651. The number of hydrogen-bond acceptors (Lipinski definition) is 2. The van der Waals surface area contributed by atoms with E-state index < -0.39 is 11.9 Å². The summed E-state index contributed by atoms with van der Waals surface area (Å²) in [7, 11) is 1.67. The molecule has 2 atom stereocenters. The second-order valence-corrected chi connectivity index (χ2v) is 3.13. The van der Waals surface area contributed by atoms with E-state index in [-0.39, 0.29) is 18.4 Å². The lowest BCUT2D eigenvalue weighted by Crippen LogP contribution is -2.33. The molecule has 0 aliphatic carbocycles. The van der Waals surface area contributed by atoms with Crippen molar-refractivity contribution in [3.05, 3.63) is 0 Å². The Labute approximate surface area is 71.2 Å². The van der Waals surface area contributed by atoms with Gasteiger partial charge in [0.2, 0.25) is 5.91 Å².